The highest BCUT2D eigenvalue weighted by molar-refractivity contribution is 7.98. The molecule has 0 saturated carbocycles. The van der Waals surface area contributed by atoms with Crippen LogP contribution in [0.4, 0.5) is 5.69 Å². The lowest BCUT2D eigenvalue weighted by Crippen LogP contribution is -2.40. The Morgan fingerprint density at radius 3 is 2.78 bits per heavy atom. The first-order chi connectivity index (χ1) is 8.57. The normalized spacial score (nSPS) is 19.0. The third-order valence-electron chi connectivity index (χ3n) is 3.77. The van der Waals surface area contributed by atoms with E-state index in [-0.39, 0.29) is 0 Å². The van der Waals surface area contributed by atoms with Crippen molar-refractivity contribution < 1.29 is 0 Å². The van der Waals surface area contributed by atoms with E-state index in [1.165, 1.54) is 29.0 Å². The van der Waals surface area contributed by atoms with Crippen LogP contribution in [0.5, 0.6) is 0 Å². The molecule has 18 heavy (non-hydrogen) atoms. The van der Waals surface area contributed by atoms with Crippen molar-refractivity contribution in [3.63, 3.8) is 0 Å². The average molecular weight is 264 g/mol. The summed E-state index contributed by atoms with van der Waals surface area (Å²) >= 11 is 1.79. The van der Waals surface area contributed by atoms with Gasteiger partial charge in [-0.15, -0.1) is 11.8 Å². The predicted molar refractivity (Wildman–Crippen MR) is 81.3 cm³/mol. The zero-order valence-electron chi connectivity index (χ0n) is 11.7. The lowest BCUT2D eigenvalue weighted by Gasteiger charge is -2.40. The van der Waals surface area contributed by atoms with Crippen LogP contribution in [-0.2, 0) is 6.54 Å². The average Bonchev–Trinajstić information content (AvgIpc) is 2.36. The largest absolute Gasteiger partial charge is 0.371 e. The maximum absolute atomic E-state index is 5.96. The zero-order valence-corrected chi connectivity index (χ0v) is 12.5. The number of piperidine rings is 1. The Morgan fingerprint density at radius 2 is 2.17 bits per heavy atom. The number of nitrogens with zero attached hydrogens (tertiary/aromatic N) is 1. The summed E-state index contributed by atoms with van der Waals surface area (Å²) in [6.07, 6.45) is 4.72. The Bertz CT molecular complexity index is 415. The van der Waals surface area contributed by atoms with Gasteiger partial charge in [0.05, 0.1) is 0 Å². The maximum atomic E-state index is 5.96. The van der Waals surface area contributed by atoms with E-state index >= 15 is 0 Å². The van der Waals surface area contributed by atoms with Gasteiger partial charge < -0.3 is 10.6 Å². The molecule has 0 atom stereocenters. The lowest BCUT2D eigenvalue weighted by atomic mass is 9.84. The summed E-state index contributed by atoms with van der Waals surface area (Å²) in [5.41, 5.74) is 9.03. The lowest BCUT2D eigenvalue weighted by molar-refractivity contribution is 0.293. The topological polar surface area (TPSA) is 29.3 Å². The van der Waals surface area contributed by atoms with Crippen molar-refractivity contribution >= 4 is 17.4 Å². The minimum absolute atomic E-state index is 0.416. The highest BCUT2D eigenvalue weighted by Crippen LogP contribution is 2.35. The fourth-order valence-corrected chi connectivity index (χ4v) is 3.52. The number of anilines is 1. The molecule has 3 heteroatoms. The molecule has 0 aromatic heterocycles. The molecule has 1 aromatic carbocycles. The van der Waals surface area contributed by atoms with Gasteiger partial charge in [-0.05, 0) is 36.6 Å². The Morgan fingerprint density at radius 1 is 1.39 bits per heavy atom. The van der Waals surface area contributed by atoms with Crippen molar-refractivity contribution in [1.82, 2.24) is 0 Å². The summed E-state index contributed by atoms with van der Waals surface area (Å²) in [7, 11) is 0. The molecular weight excluding hydrogens is 240 g/mol. The summed E-state index contributed by atoms with van der Waals surface area (Å²) < 4.78 is 0. The van der Waals surface area contributed by atoms with Gasteiger partial charge in [0.25, 0.3) is 0 Å². The van der Waals surface area contributed by atoms with Crippen molar-refractivity contribution in [3.05, 3.63) is 23.8 Å². The van der Waals surface area contributed by atoms with Crippen molar-refractivity contribution in [1.29, 1.82) is 0 Å². The van der Waals surface area contributed by atoms with E-state index in [9.17, 15) is 0 Å². The summed E-state index contributed by atoms with van der Waals surface area (Å²) in [5.74, 6) is 0. The van der Waals surface area contributed by atoms with Crippen LogP contribution >= 0.6 is 11.8 Å². The van der Waals surface area contributed by atoms with Crippen LogP contribution in [0, 0.1) is 5.41 Å². The van der Waals surface area contributed by atoms with Crippen molar-refractivity contribution in [3.8, 4) is 0 Å². The van der Waals surface area contributed by atoms with Crippen LogP contribution in [0.15, 0.2) is 23.1 Å². The van der Waals surface area contributed by atoms with Crippen LogP contribution in [-0.4, -0.2) is 19.3 Å². The maximum Gasteiger partial charge on any atom is 0.0423 e. The molecule has 1 aliphatic heterocycles. The van der Waals surface area contributed by atoms with Gasteiger partial charge in [0.15, 0.2) is 0 Å². The van der Waals surface area contributed by atoms with Crippen LogP contribution in [0.2, 0.25) is 0 Å². The molecule has 2 nitrogen and oxygen atoms in total. The van der Waals surface area contributed by atoms with E-state index in [0.717, 1.165) is 13.1 Å². The van der Waals surface area contributed by atoms with Gasteiger partial charge >= 0.3 is 0 Å². The molecule has 1 saturated heterocycles. The second-order valence-corrected chi connectivity index (χ2v) is 6.70. The number of benzene rings is 1. The fourth-order valence-electron chi connectivity index (χ4n) is 2.88. The third kappa shape index (κ3) is 2.83. The quantitative estimate of drug-likeness (QED) is 0.847. The molecule has 0 radical (unpaired) electrons. The van der Waals surface area contributed by atoms with Gasteiger partial charge in [-0.1, -0.05) is 19.9 Å². The first-order valence-electron chi connectivity index (χ1n) is 6.68. The molecule has 0 spiro atoms. The van der Waals surface area contributed by atoms with Crippen LogP contribution in [0.1, 0.15) is 32.3 Å². The standard InChI is InChI=1S/C15H24N2S/c1-15(2)8-5-9-17(11-15)13-6-4-7-14(18-3)12(13)10-16/h4,6-7H,5,8-11,16H2,1-3H3. The van der Waals surface area contributed by atoms with Crippen molar-refractivity contribution in [2.75, 3.05) is 24.2 Å². The highest BCUT2D eigenvalue weighted by atomic mass is 32.2. The van der Waals surface area contributed by atoms with Crippen molar-refractivity contribution in [2.45, 2.75) is 38.1 Å². The van der Waals surface area contributed by atoms with Gasteiger partial charge in [0, 0.05) is 35.8 Å². The van der Waals surface area contributed by atoms with Crippen molar-refractivity contribution in [2.24, 2.45) is 11.1 Å². The molecular formula is C15H24N2S. The molecule has 2 rings (SSSR count). The zero-order chi connectivity index (χ0) is 13.2. The molecule has 0 bridgehead atoms. The van der Waals surface area contributed by atoms with Gasteiger partial charge in [0.2, 0.25) is 0 Å². The van der Waals surface area contributed by atoms with Gasteiger partial charge in [-0.3, -0.25) is 0 Å². The molecule has 1 aliphatic rings. The third-order valence-corrected chi connectivity index (χ3v) is 4.60. The first kappa shape index (κ1) is 13.8. The van der Waals surface area contributed by atoms with Gasteiger partial charge in [-0.25, -0.2) is 0 Å². The van der Waals surface area contributed by atoms with E-state index in [1.54, 1.807) is 11.8 Å². The summed E-state index contributed by atoms with van der Waals surface area (Å²) in [4.78, 5) is 3.84. The second-order valence-electron chi connectivity index (χ2n) is 5.85. The summed E-state index contributed by atoms with van der Waals surface area (Å²) in [6.45, 7) is 7.65. The second kappa shape index (κ2) is 5.54. The molecule has 1 fully saturated rings. The molecule has 0 amide bonds. The molecule has 0 unspecified atom stereocenters. The van der Waals surface area contributed by atoms with Crippen LogP contribution in [0.25, 0.3) is 0 Å². The molecule has 1 heterocycles. The van der Waals surface area contributed by atoms with E-state index < -0.39 is 0 Å². The molecule has 1 aromatic rings. The number of hydrogen-bond acceptors (Lipinski definition) is 3. The minimum atomic E-state index is 0.416. The van der Waals surface area contributed by atoms with E-state index in [4.69, 9.17) is 5.73 Å². The Balaban J connectivity index is 2.32. The monoisotopic (exact) mass is 264 g/mol. The predicted octanol–water partition coefficient (Wildman–Crippen LogP) is 3.49. The van der Waals surface area contributed by atoms with Gasteiger partial charge in [-0.2, -0.15) is 0 Å². The smallest absolute Gasteiger partial charge is 0.0423 e. The van der Waals surface area contributed by atoms with E-state index in [1.807, 2.05) is 0 Å². The number of nitrogens with two attached hydrogens (primary N) is 1. The van der Waals surface area contributed by atoms with E-state index in [0.29, 0.717) is 12.0 Å². The van der Waals surface area contributed by atoms with Gasteiger partial charge in [0.1, 0.15) is 0 Å². The molecule has 2 N–H and O–H groups in total. The Kier molecular flexibility index (Phi) is 4.23. The molecule has 0 aliphatic carbocycles. The Labute approximate surface area is 115 Å². The highest BCUT2D eigenvalue weighted by Gasteiger charge is 2.27. The molecule has 100 valence electrons. The number of rotatable bonds is 3. The SMILES string of the molecule is CSc1cccc(N2CCCC(C)(C)C2)c1CN. The van der Waals surface area contributed by atoms with E-state index in [2.05, 4.69) is 43.2 Å². The van der Waals surface area contributed by atoms with Crippen LogP contribution < -0.4 is 10.6 Å². The summed E-state index contributed by atoms with van der Waals surface area (Å²) in [6, 6.07) is 6.55. The van der Waals surface area contributed by atoms with Crippen LogP contribution in [0.3, 0.4) is 0 Å². The minimum Gasteiger partial charge on any atom is -0.371 e. The summed E-state index contributed by atoms with van der Waals surface area (Å²) in [5, 5.41) is 0. The number of thioether (sulfide) groups is 1. The fraction of sp³-hybridized carbons (Fsp3) is 0.600. The Hall–Kier alpha value is -0.670. The number of hydrogen-bond donors (Lipinski definition) is 1. The first-order valence-corrected chi connectivity index (χ1v) is 7.91.